The smallest absolute Gasteiger partial charge is 0.284 e. The van der Waals surface area contributed by atoms with E-state index in [1.165, 1.54) is 38.3 Å². The van der Waals surface area contributed by atoms with Gasteiger partial charge in [0.2, 0.25) is 0 Å². The van der Waals surface area contributed by atoms with Crippen LogP contribution in [0.25, 0.3) is 0 Å². The van der Waals surface area contributed by atoms with Crippen LogP contribution in [-0.4, -0.2) is 5.27 Å². The molecule has 1 N–H and O–H groups in total. The topological polar surface area (TPSA) is 49.9 Å². The van der Waals surface area contributed by atoms with E-state index in [0.717, 1.165) is 13.0 Å². The molecular weight excluding hydrogens is 180 g/mol. The van der Waals surface area contributed by atoms with Gasteiger partial charge in [0, 0.05) is 6.42 Å². The lowest BCUT2D eigenvalue weighted by Crippen LogP contribution is -2.35. The number of rotatable bonds is 7. The highest BCUT2D eigenvalue weighted by Crippen LogP contribution is 2.04. The van der Waals surface area contributed by atoms with E-state index in [4.69, 9.17) is 0 Å². The number of hydrogen-bond donors (Lipinski definition) is 1. The second-order valence-corrected chi connectivity index (χ2v) is 3.60. The van der Waals surface area contributed by atoms with E-state index in [9.17, 15) is 4.79 Å². The average molecular weight is 199 g/mol. The SMILES string of the molecule is CCCCCCCC[n+]1cc(=O)o[nH]1. The van der Waals surface area contributed by atoms with Crippen molar-refractivity contribution in [3.63, 3.8) is 0 Å². The predicted molar refractivity (Wildman–Crippen MR) is 52.9 cm³/mol. The Morgan fingerprint density at radius 2 is 2.00 bits per heavy atom. The second kappa shape index (κ2) is 6.40. The number of H-pyrrole nitrogens is 1. The Kier molecular flexibility index (Phi) is 5.04. The van der Waals surface area contributed by atoms with Crippen LogP contribution in [0.1, 0.15) is 45.4 Å². The van der Waals surface area contributed by atoms with Crippen molar-refractivity contribution in [2.24, 2.45) is 0 Å². The van der Waals surface area contributed by atoms with E-state index in [1.807, 2.05) is 0 Å². The fourth-order valence-electron chi connectivity index (χ4n) is 1.46. The summed E-state index contributed by atoms with van der Waals surface area (Å²) in [5.74, 6) is 0. The summed E-state index contributed by atoms with van der Waals surface area (Å²) < 4.78 is 6.24. The van der Waals surface area contributed by atoms with E-state index in [2.05, 4.69) is 16.7 Å². The maximum Gasteiger partial charge on any atom is 0.426 e. The van der Waals surface area contributed by atoms with Crippen molar-refractivity contribution in [2.75, 3.05) is 0 Å². The standard InChI is InChI=1S/C10H18N2O2/c1-2-3-4-5-6-7-8-12-9-10(13)14-11-12/h9H,2-8H2,1H3/p+1. The van der Waals surface area contributed by atoms with E-state index in [1.54, 1.807) is 4.68 Å². The maximum absolute atomic E-state index is 10.6. The zero-order valence-corrected chi connectivity index (χ0v) is 8.79. The Balaban J connectivity index is 2.02. The summed E-state index contributed by atoms with van der Waals surface area (Å²) in [5.41, 5.74) is -0.309. The van der Waals surface area contributed by atoms with E-state index < -0.39 is 0 Å². The lowest BCUT2D eigenvalue weighted by molar-refractivity contribution is -0.762. The molecule has 0 aliphatic heterocycles. The zero-order valence-electron chi connectivity index (χ0n) is 8.79. The lowest BCUT2D eigenvalue weighted by Gasteiger charge is -1.95. The predicted octanol–water partition coefficient (Wildman–Crippen LogP) is 1.62. The van der Waals surface area contributed by atoms with Crippen LogP contribution in [0.5, 0.6) is 0 Å². The quantitative estimate of drug-likeness (QED) is 0.536. The van der Waals surface area contributed by atoms with Crippen molar-refractivity contribution >= 4 is 0 Å². The highest BCUT2D eigenvalue weighted by atomic mass is 16.5. The first-order chi connectivity index (χ1) is 6.83. The molecule has 4 nitrogen and oxygen atoms in total. The van der Waals surface area contributed by atoms with Crippen molar-refractivity contribution in [3.05, 3.63) is 16.6 Å². The van der Waals surface area contributed by atoms with Gasteiger partial charge in [-0.05, 0) is 11.7 Å². The average Bonchev–Trinajstić information content (AvgIpc) is 2.58. The third kappa shape index (κ3) is 4.25. The van der Waals surface area contributed by atoms with Gasteiger partial charge < -0.3 is 0 Å². The molecule has 1 rings (SSSR count). The fourth-order valence-corrected chi connectivity index (χ4v) is 1.46. The first-order valence-electron chi connectivity index (χ1n) is 5.41. The molecule has 0 fully saturated rings. The Hall–Kier alpha value is -1.06. The summed E-state index contributed by atoms with van der Waals surface area (Å²) in [6, 6.07) is 0. The molecule has 14 heavy (non-hydrogen) atoms. The van der Waals surface area contributed by atoms with Crippen LogP contribution in [0.15, 0.2) is 15.5 Å². The molecule has 1 aromatic heterocycles. The van der Waals surface area contributed by atoms with E-state index in [-0.39, 0.29) is 5.63 Å². The zero-order chi connectivity index (χ0) is 10.2. The molecule has 80 valence electrons. The Morgan fingerprint density at radius 3 is 2.64 bits per heavy atom. The van der Waals surface area contributed by atoms with Crippen LogP contribution in [0.3, 0.4) is 0 Å². The molecule has 0 amide bonds. The number of aryl methyl sites for hydroxylation is 1. The van der Waals surface area contributed by atoms with Gasteiger partial charge in [-0.3, -0.25) is 4.52 Å². The van der Waals surface area contributed by atoms with Gasteiger partial charge in [-0.2, -0.15) is 0 Å². The number of aromatic amines is 1. The van der Waals surface area contributed by atoms with Crippen molar-refractivity contribution in [3.8, 4) is 0 Å². The van der Waals surface area contributed by atoms with E-state index in [0.29, 0.717) is 0 Å². The Morgan fingerprint density at radius 1 is 1.29 bits per heavy atom. The fraction of sp³-hybridized carbons (Fsp3) is 0.800. The molecule has 0 atom stereocenters. The molecule has 0 saturated heterocycles. The molecule has 1 heterocycles. The highest BCUT2D eigenvalue weighted by molar-refractivity contribution is 4.49. The third-order valence-corrected chi connectivity index (χ3v) is 2.28. The van der Waals surface area contributed by atoms with Crippen LogP contribution in [0.4, 0.5) is 0 Å². The molecule has 0 spiro atoms. The van der Waals surface area contributed by atoms with Gasteiger partial charge in [-0.1, -0.05) is 37.3 Å². The molecule has 0 aliphatic rings. The maximum atomic E-state index is 10.6. The Labute approximate surface area is 83.9 Å². The van der Waals surface area contributed by atoms with Gasteiger partial charge in [0.25, 0.3) is 6.20 Å². The van der Waals surface area contributed by atoms with Gasteiger partial charge >= 0.3 is 5.63 Å². The summed E-state index contributed by atoms with van der Waals surface area (Å²) in [5, 5.41) is 2.54. The van der Waals surface area contributed by atoms with Crippen LogP contribution in [0.2, 0.25) is 0 Å². The van der Waals surface area contributed by atoms with Gasteiger partial charge in [0.05, 0.1) is 0 Å². The third-order valence-electron chi connectivity index (χ3n) is 2.28. The molecular formula is C10H19N2O2+. The van der Waals surface area contributed by atoms with Gasteiger partial charge in [-0.15, -0.1) is 0 Å². The van der Waals surface area contributed by atoms with Crippen LogP contribution < -0.4 is 10.3 Å². The molecule has 0 aliphatic carbocycles. The minimum absolute atomic E-state index is 0.309. The minimum atomic E-state index is -0.309. The minimum Gasteiger partial charge on any atom is -0.284 e. The number of aromatic nitrogens is 2. The van der Waals surface area contributed by atoms with Crippen molar-refractivity contribution < 1.29 is 9.20 Å². The number of nitrogens with zero attached hydrogens (tertiary/aromatic N) is 1. The number of unbranched alkanes of at least 4 members (excludes halogenated alkanes) is 5. The first kappa shape index (κ1) is 11.0. The monoisotopic (exact) mass is 199 g/mol. The molecule has 0 aromatic carbocycles. The highest BCUT2D eigenvalue weighted by Gasteiger charge is 2.03. The van der Waals surface area contributed by atoms with Crippen molar-refractivity contribution in [1.29, 1.82) is 0 Å². The van der Waals surface area contributed by atoms with Crippen LogP contribution in [0, 0.1) is 0 Å². The first-order valence-corrected chi connectivity index (χ1v) is 5.41. The number of hydrogen-bond acceptors (Lipinski definition) is 2. The molecule has 4 heteroatoms. The lowest BCUT2D eigenvalue weighted by atomic mass is 10.1. The molecule has 0 bridgehead atoms. The summed E-state index contributed by atoms with van der Waals surface area (Å²) in [7, 11) is 0. The molecule has 1 aromatic rings. The summed E-state index contributed by atoms with van der Waals surface area (Å²) in [6.45, 7) is 3.06. The van der Waals surface area contributed by atoms with E-state index >= 15 is 0 Å². The summed E-state index contributed by atoms with van der Waals surface area (Å²) in [4.78, 5) is 10.6. The second-order valence-electron chi connectivity index (χ2n) is 3.60. The van der Waals surface area contributed by atoms with Crippen LogP contribution in [-0.2, 0) is 6.54 Å². The molecule has 0 unspecified atom stereocenters. The van der Waals surface area contributed by atoms with Gasteiger partial charge in [0.15, 0.2) is 6.54 Å². The van der Waals surface area contributed by atoms with Gasteiger partial charge in [-0.25, -0.2) is 4.79 Å². The number of nitrogens with one attached hydrogen (secondary N) is 1. The summed E-state index contributed by atoms with van der Waals surface area (Å²) in [6.07, 6.45) is 9.00. The summed E-state index contributed by atoms with van der Waals surface area (Å²) >= 11 is 0. The molecule has 0 radical (unpaired) electrons. The Bertz CT molecular complexity index is 290. The van der Waals surface area contributed by atoms with Crippen molar-refractivity contribution in [2.45, 2.75) is 52.0 Å². The largest absolute Gasteiger partial charge is 0.426 e. The van der Waals surface area contributed by atoms with Gasteiger partial charge in [0.1, 0.15) is 0 Å². The normalized spacial score (nSPS) is 10.6. The van der Waals surface area contributed by atoms with Crippen molar-refractivity contribution in [1.82, 2.24) is 5.27 Å². The van der Waals surface area contributed by atoms with Crippen LogP contribution >= 0.6 is 0 Å². The molecule has 0 saturated carbocycles.